The smallest absolute Gasteiger partial charge is 0.208 e. The Morgan fingerprint density at radius 1 is 1.00 bits per heavy atom. The first-order valence-electron chi connectivity index (χ1n) is 7.90. The highest BCUT2D eigenvalue weighted by molar-refractivity contribution is 7.91. The molecule has 124 valence electrons. The maximum atomic E-state index is 12.8. The Morgan fingerprint density at radius 3 is 2.50 bits per heavy atom. The quantitative estimate of drug-likeness (QED) is 0.759. The lowest BCUT2D eigenvalue weighted by atomic mass is 10.3. The van der Waals surface area contributed by atoms with Crippen molar-refractivity contribution in [2.75, 3.05) is 31.1 Å². The van der Waals surface area contributed by atoms with Crippen LogP contribution in [0.15, 0.2) is 58.5 Å². The van der Waals surface area contributed by atoms with E-state index < -0.39 is 9.84 Å². The molecule has 0 amide bonds. The topological polar surface area (TPSA) is 78.1 Å². The first kappa shape index (κ1) is 15.2. The number of aromatic amines is 1. The Balaban J connectivity index is 1.76. The zero-order valence-corrected chi connectivity index (χ0v) is 13.9. The number of rotatable bonds is 3. The Bertz CT molecular complexity index is 961. The van der Waals surface area contributed by atoms with E-state index in [-0.39, 0.29) is 9.79 Å². The molecule has 7 heteroatoms. The molecule has 2 N–H and O–H groups in total. The Kier molecular flexibility index (Phi) is 3.74. The van der Waals surface area contributed by atoms with Crippen molar-refractivity contribution in [3.63, 3.8) is 0 Å². The minimum absolute atomic E-state index is 0.267. The summed E-state index contributed by atoms with van der Waals surface area (Å²) < 4.78 is 25.7. The number of fused-ring (bicyclic) bond motifs is 1. The van der Waals surface area contributed by atoms with E-state index in [1.54, 1.807) is 30.3 Å². The van der Waals surface area contributed by atoms with Crippen molar-refractivity contribution >= 4 is 26.7 Å². The van der Waals surface area contributed by atoms with E-state index in [9.17, 15) is 8.42 Å². The van der Waals surface area contributed by atoms with Crippen molar-refractivity contribution in [2.24, 2.45) is 0 Å². The van der Waals surface area contributed by atoms with Crippen molar-refractivity contribution < 1.29 is 8.42 Å². The van der Waals surface area contributed by atoms with Gasteiger partial charge in [-0.2, -0.15) is 0 Å². The average molecular weight is 342 g/mol. The third-order valence-electron chi connectivity index (χ3n) is 4.27. The number of hydrogen-bond acceptors (Lipinski definition) is 5. The van der Waals surface area contributed by atoms with Crippen LogP contribution in [0, 0.1) is 0 Å². The molecule has 1 aliphatic heterocycles. The van der Waals surface area contributed by atoms with Gasteiger partial charge in [0, 0.05) is 37.8 Å². The van der Waals surface area contributed by atoms with E-state index >= 15 is 0 Å². The molecule has 0 aliphatic carbocycles. The van der Waals surface area contributed by atoms with Gasteiger partial charge in [-0.15, -0.1) is 0 Å². The lowest BCUT2D eigenvalue weighted by molar-refractivity contribution is 0.585. The summed E-state index contributed by atoms with van der Waals surface area (Å²) in [4.78, 5) is 10.4. The molecule has 2 aromatic heterocycles. The molecule has 3 heterocycles. The molecule has 1 aliphatic rings. The fraction of sp³-hybridized carbons (Fsp3) is 0.235. The van der Waals surface area contributed by atoms with Crippen LogP contribution in [0.3, 0.4) is 0 Å². The number of piperazine rings is 1. The highest BCUT2D eigenvalue weighted by Gasteiger charge is 2.22. The maximum Gasteiger partial charge on any atom is 0.208 e. The predicted octanol–water partition coefficient (Wildman–Crippen LogP) is 1.81. The van der Waals surface area contributed by atoms with Crippen molar-refractivity contribution in [1.82, 2.24) is 15.3 Å². The number of anilines is 1. The summed E-state index contributed by atoms with van der Waals surface area (Å²) >= 11 is 0. The van der Waals surface area contributed by atoms with Gasteiger partial charge >= 0.3 is 0 Å². The van der Waals surface area contributed by atoms with E-state index in [1.807, 2.05) is 12.1 Å². The van der Waals surface area contributed by atoms with Gasteiger partial charge in [-0.1, -0.05) is 18.2 Å². The first-order chi connectivity index (χ1) is 11.7. The summed E-state index contributed by atoms with van der Waals surface area (Å²) in [5.74, 6) is 0.870. The highest BCUT2D eigenvalue weighted by Crippen LogP contribution is 2.28. The number of nitrogens with zero attached hydrogens (tertiary/aromatic N) is 2. The number of hydrogen-bond donors (Lipinski definition) is 2. The van der Waals surface area contributed by atoms with Gasteiger partial charge in [0.1, 0.15) is 11.5 Å². The Hall–Kier alpha value is -2.38. The number of pyridine rings is 1. The third kappa shape index (κ3) is 2.55. The van der Waals surface area contributed by atoms with Crippen LogP contribution >= 0.6 is 0 Å². The molecule has 1 aromatic carbocycles. The van der Waals surface area contributed by atoms with Gasteiger partial charge in [-0.3, -0.25) is 0 Å². The minimum atomic E-state index is -3.55. The van der Waals surface area contributed by atoms with Crippen molar-refractivity contribution in [3.05, 3.63) is 48.7 Å². The van der Waals surface area contributed by atoms with Crippen molar-refractivity contribution in [3.8, 4) is 0 Å². The van der Waals surface area contributed by atoms with Crippen LogP contribution in [-0.4, -0.2) is 44.6 Å². The summed E-state index contributed by atoms with van der Waals surface area (Å²) in [6.07, 6.45) is 1.53. The molecule has 6 nitrogen and oxygen atoms in total. The van der Waals surface area contributed by atoms with E-state index in [0.717, 1.165) is 32.0 Å². The number of H-pyrrole nitrogens is 1. The molecule has 0 unspecified atom stereocenters. The molecule has 3 aromatic rings. The highest BCUT2D eigenvalue weighted by atomic mass is 32.2. The molecule has 4 rings (SSSR count). The maximum absolute atomic E-state index is 12.8. The molecular formula is C17H18N4O2S. The van der Waals surface area contributed by atoms with Gasteiger partial charge < -0.3 is 15.2 Å². The Morgan fingerprint density at radius 2 is 1.75 bits per heavy atom. The number of aromatic nitrogens is 2. The summed E-state index contributed by atoms with van der Waals surface area (Å²) in [5.41, 5.74) is 0.598. The van der Waals surface area contributed by atoms with Crippen molar-refractivity contribution in [1.29, 1.82) is 0 Å². The van der Waals surface area contributed by atoms with E-state index in [2.05, 4.69) is 20.2 Å². The number of sulfone groups is 1. The zero-order chi connectivity index (χ0) is 16.6. The summed E-state index contributed by atoms with van der Waals surface area (Å²) in [5, 5.41) is 3.93. The SMILES string of the molecule is O=S(=O)(c1ccccc1)c1c[nH]c2nc(N3CCNCC3)ccc12. The van der Waals surface area contributed by atoms with Crippen LogP contribution in [0.25, 0.3) is 11.0 Å². The van der Waals surface area contributed by atoms with E-state index in [4.69, 9.17) is 0 Å². The molecule has 0 bridgehead atoms. The zero-order valence-electron chi connectivity index (χ0n) is 13.1. The molecule has 1 saturated heterocycles. The molecular weight excluding hydrogens is 324 g/mol. The van der Waals surface area contributed by atoms with Gasteiger partial charge in [0.2, 0.25) is 9.84 Å². The molecule has 0 saturated carbocycles. The van der Waals surface area contributed by atoms with Gasteiger partial charge in [-0.05, 0) is 24.3 Å². The van der Waals surface area contributed by atoms with Crippen LogP contribution in [0.5, 0.6) is 0 Å². The second kappa shape index (κ2) is 5.92. The van der Waals surface area contributed by atoms with Crippen LogP contribution in [0.4, 0.5) is 5.82 Å². The van der Waals surface area contributed by atoms with Crippen LogP contribution in [0.2, 0.25) is 0 Å². The van der Waals surface area contributed by atoms with Crippen LogP contribution < -0.4 is 10.2 Å². The molecule has 0 atom stereocenters. The first-order valence-corrected chi connectivity index (χ1v) is 9.38. The predicted molar refractivity (Wildman–Crippen MR) is 93.1 cm³/mol. The Labute approximate surface area is 140 Å². The van der Waals surface area contributed by atoms with Gasteiger partial charge in [0.25, 0.3) is 0 Å². The van der Waals surface area contributed by atoms with Crippen molar-refractivity contribution in [2.45, 2.75) is 9.79 Å². The lowest BCUT2D eigenvalue weighted by Crippen LogP contribution is -2.43. The molecule has 24 heavy (non-hydrogen) atoms. The fourth-order valence-electron chi connectivity index (χ4n) is 2.99. The fourth-order valence-corrected chi connectivity index (χ4v) is 4.43. The molecule has 0 radical (unpaired) electrons. The molecule has 0 spiro atoms. The van der Waals surface area contributed by atoms with Gasteiger partial charge in [0.05, 0.1) is 9.79 Å². The van der Waals surface area contributed by atoms with Gasteiger partial charge in [-0.25, -0.2) is 13.4 Å². The molecule has 1 fully saturated rings. The minimum Gasteiger partial charge on any atom is -0.354 e. The van der Waals surface area contributed by atoms with E-state index in [1.165, 1.54) is 6.20 Å². The number of benzene rings is 1. The number of nitrogens with one attached hydrogen (secondary N) is 2. The van der Waals surface area contributed by atoms with Gasteiger partial charge in [0.15, 0.2) is 0 Å². The lowest BCUT2D eigenvalue weighted by Gasteiger charge is -2.28. The van der Waals surface area contributed by atoms with Crippen LogP contribution in [-0.2, 0) is 9.84 Å². The standard InChI is InChI=1S/C17H18N4O2S/c22-24(23,13-4-2-1-3-5-13)15-12-19-17-14(15)6-7-16(20-17)21-10-8-18-9-11-21/h1-7,12,18H,8-11H2,(H,19,20). The van der Waals surface area contributed by atoms with Crippen LogP contribution in [0.1, 0.15) is 0 Å². The summed E-state index contributed by atoms with van der Waals surface area (Å²) in [7, 11) is -3.55. The average Bonchev–Trinajstić information content (AvgIpc) is 3.07. The normalized spacial score (nSPS) is 15.8. The third-order valence-corrected chi connectivity index (χ3v) is 6.08. The summed E-state index contributed by atoms with van der Waals surface area (Å²) in [6, 6.07) is 12.2. The monoisotopic (exact) mass is 342 g/mol. The largest absolute Gasteiger partial charge is 0.354 e. The van der Waals surface area contributed by atoms with E-state index in [0.29, 0.717) is 11.0 Å². The summed E-state index contributed by atoms with van der Waals surface area (Å²) in [6.45, 7) is 3.65. The second-order valence-corrected chi connectivity index (χ2v) is 7.69. The second-order valence-electron chi connectivity index (χ2n) is 5.77.